The summed E-state index contributed by atoms with van der Waals surface area (Å²) < 4.78 is 2.25. The summed E-state index contributed by atoms with van der Waals surface area (Å²) in [6.45, 7) is 6.44. The van der Waals surface area contributed by atoms with Gasteiger partial charge in [0.25, 0.3) is 0 Å². The number of benzene rings is 1. The van der Waals surface area contributed by atoms with Crippen molar-refractivity contribution in [1.82, 2.24) is 9.38 Å². The van der Waals surface area contributed by atoms with Crippen molar-refractivity contribution >= 4 is 16.3 Å². The van der Waals surface area contributed by atoms with Crippen LogP contribution in [-0.2, 0) is 0 Å². The van der Waals surface area contributed by atoms with Crippen LogP contribution in [0.1, 0.15) is 16.3 Å². The number of rotatable bonds is 1. The minimum absolute atomic E-state index is 1.09. The molecule has 3 aromatic rings. The zero-order valence-electron chi connectivity index (χ0n) is 10.2. The van der Waals surface area contributed by atoms with Crippen LogP contribution in [0, 0.1) is 20.8 Å². The Balaban J connectivity index is 2.30. The number of aromatic nitrogens is 2. The van der Waals surface area contributed by atoms with Crippen molar-refractivity contribution in [3.05, 3.63) is 46.6 Å². The molecule has 3 rings (SSSR count). The Morgan fingerprint density at radius 2 is 1.71 bits per heavy atom. The predicted molar refractivity (Wildman–Crippen MR) is 72.7 cm³/mol. The quantitative estimate of drug-likeness (QED) is 0.630. The average molecular weight is 242 g/mol. The molecule has 0 radical (unpaired) electrons. The molecule has 0 N–H and O–H groups in total. The second-order valence-corrected chi connectivity index (χ2v) is 5.46. The fraction of sp³-hybridized carbons (Fsp3) is 0.214. The van der Waals surface area contributed by atoms with Crippen LogP contribution in [0.15, 0.2) is 30.3 Å². The van der Waals surface area contributed by atoms with E-state index in [-0.39, 0.29) is 0 Å². The Labute approximate surface area is 105 Å². The van der Waals surface area contributed by atoms with Crippen molar-refractivity contribution < 1.29 is 0 Å². The number of fused-ring (bicyclic) bond motifs is 1. The highest BCUT2D eigenvalue weighted by atomic mass is 32.1. The van der Waals surface area contributed by atoms with Crippen LogP contribution in [0.2, 0.25) is 0 Å². The van der Waals surface area contributed by atoms with Crippen molar-refractivity contribution in [2.45, 2.75) is 20.8 Å². The molecule has 0 atom stereocenters. The Morgan fingerprint density at radius 3 is 2.35 bits per heavy atom. The van der Waals surface area contributed by atoms with Crippen molar-refractivity contribution in [2.24, 2.45) is 0 Å². The summed E-state index contributed by atoms with van der Waals surface area (Å²) in [5, 5.41) is 0. The normalized spacial score (nSPS) is 11.2. The molecule has 0 spiro atoms. The van der Waals surface area contributed by atoms with Crippen LogP contribution in [0.4, 0.5) is 0 Å². The van der Waals surface area contributed by atoms with Gasteiger partial charge in [0.15, 0.2) is 4.96 Å². The molecule has 1 aromatic carbocycles. The zero-order valence-corrected chi connectivity index (χ0v) is 11.0. The van der Waals surface area contributed by atoms with E-state index in [9.17, 15) is 0 Å². The van der Waals surface area contributed by atoms with E-state index in [0.717, 1.165) is 10.7 Å². The monoisotopic (exact) mass is 242 g/mol. The minimum Gasteiger partial charge on any atom is -0.291 e. The number of thiazole rings is 1. The molecule has 2 nitrogen and oxygen atoms in total. The molecule has 0 saturated heterocycles. The lowest BCUT2D eigenvalue weighted by molar-refractivity contribution is 1.05. The van der Waals surface area contributed by atoms with E-state index >= 15 is 0 Å². The zero-order chi connectivity index (χ0) is 12.0. The Morgan fingerprint density at radius 1 is 1.00 bits per heavy atom. The molecule has 0 aliphatic heterocycles. The maximum atomic E-state index is 4.75. The summed E-state index contributed by atoms with van der Waals surface area (Å²) in [5.41, 5.74) is 4.82. The summed E-state index contributed by atoms with van der Waals surface area (Å²) in [5.74, 6) is 0. The molecule has 0 saturated carbocycles. The molecule has 86 valence electrons. The maximum absolute atomic E-state index is 4.75. The van der Waals surface area contributed by atoms with Gasteiger partial charge in [-0.25, -0.2) is 4.98 Å². The molecule has 3 heteroatoms. The lowest BCUT2D eigenvalue weighted by Crippen LogP contribution is -1.89. The van der Waals surface area contributed by atoms with E-state index < -0.39 is 0 Å². The number of imidazole rings is 1. The molecule has 17 heavy (non-hydrogen) atoms. The largest absolute Gasteiger partial charge is 0.291 e. The third-order valence-electron chi connectivity index (χ3n) is 3.21. The molecular formula is C14H14N2S. The van der Waals surface area contributed by atoms with Gasteiger partial charge in [0.2, 0.25) is 0 Å². The summed E-state index contributed by atoms with van der Waals surface area (Å²) in [6.07, 6.45) is 0. The van der Waals surface area contributed by atoms with Crippen molar-refractivity contribution in [2.75, 3.05) is 0 Å². The molecule has 0 unspecified atom stereocenters. The molecule has 0 fully saturated rings. The first-order chi connectivity index (χ1) is 8.18. The topological polar surface area (TPSA) is 17.3 Å². The molecular weight excluding hydrogens is 228 g/mol. The molecule has 2 aromatic heterocycles. The van der Waals surface area contributed by atoms with Gasteiger partial charge in [-0.3, -0.25) is 4.40 Å². The van der Waals surface area contributed by atoms with Gasteiger partial charge >= 0.3 is 0 Å². The van der Waals surface area contributed by atoms with Gasteiger partial charge in [-0.1, -0.05) is 30.3 Å². The van der Waals surface area contributed by atoms with Crippen molar-refractivity contribution in [3.8, 4) is 11.3 Å². The van der Waals surface area contributed by atoms with Crippen LogP contribution < -0.4 is 0 Å². The van der Waals surface area contributed by atoms with Crippen LogP contribution >= 0.6 is 11.3 Å². The summed E-state index contributed by atoms with van der Waals surface area (Å²) in [4.78, 5) is 7.18. The summed E-state index contributed by atoms with van der Waals surface area (Å²) in [7, 11) is 0. The molecule has 0 amide bonds. The van der Waals surface area contributed by atoms with Crippen LogP contribution in [0.3, 0.4) is 0 Å². The third-order valence-corrected chi connectivity index (χ3v) is 4.27. The fourth-order valence-corrected chi connectivity index (χ4v) is 3.19. The lowest BCUT2D eigenvalue weighted by Gasteiger charge is -2.00. The van der Waals surface area contributed by atoms with Gasteiger partial charge < -0.3 is 0 Å². The number of hydrogen-bond donors (Lipinski definition) is 0. The highest BCUT2D eigenvalue weighted by Gasteiger charge is 2.14. The van der Waals surface area contributed by atoms with E-state index in [1.165, 1.54) is 21.8 Å². The Hall–Kier alpha value is -1.61. The van der Waals surface area contributed by atoms with Crippen LogP contribution in [-0.4, -0.2) is 9.38 Å². The molecule has 0 aliphatic carbocycles. The van der Waals surface area contributed by atoms with E-state index in [0.29, 0.717) is 0 Å². The Bertz CT molecular complexity index is 677. The number of aryl methyl sites for hydroxylation is 3. The van der Waals surface area contributed by atoms with E-state index in [1.54, 1.807) is 11.3 Å². The average Bonchev–Trinajstić information content (AvgIpc) is 2.80. The first-order valence-electron chi connectivity index (χ1n) is 5.69. The van der Waals surface area contributed by atoms with Gasteiger partial charge in [-0.2, -0.15) is 0 Å². The number of hydrogen-bond acceptors (Lipinski definition) is 2. The first-order valence-corrected chi connectivity index (χ1v) is 6.50. The predicted octanol–water partition coefficient (Wildman–Crippen LogP) is 3.99. The van der Waals surface area contributed by atoms with Gasteiger partial charge in [0, 0.05) is 21.8 Å². The maximum Gasteiger partial charge on any atom is 0.194 e. The Kier molecular flexibility index (Phi) is 2.30. The van der Waals surface area contributed by atoms with E-state index in [2.05, 4.69) is 49.4 Å². The molecule has 0 aliphatic rings. The summed E-state index contributed by atoms with van der Waals surface area (Å²) >= 11 is 1.76. The minimum atomic E-state index is 1.09. The fourth-order valence-electron chi connectivity index (χ4n) is 2.18. The van der Waals surface area contributed by atoms with Gasteiger partial charge in [0.1, 0.15) is 0 Å². The van der Waals surface area contributed by atoms with Gasteiger partial charge in [-0.05, 0) is 20.8 Å². The van der Waals surface area contributed by atoms with Crippen LogP contribution in [0.5, 0.6) is 0 Å². The van der Waals surface area contributed by atoms with E-state index in [4.69, 9.17) is 4.98 Å². The standard InChI is InChI=1S/C14H14N2S/c1-9-11(3)17-14-15-13(10(2)16(9)14)12-7-5-4-6-8-12/h4-8H,1-3H3. The highest BCUT2D eigenvalue weighted by molar-refractivity contribution is 7.17. The smallest absolute Gasteiger partial charge is 0.194 e. The van der Waals surface area contributed by atoms with Crippen molar-refractivity contribution in [1.29, 1.82) is 0 Å². The molecule has 2 heterocycles. The van der Waals surface area contributed by atoms with Crippen LogP contribution in [0.25, 0.3) is 16.2 Å². The lowest BCUT2D eigenvalue weighted by atomic mass is 10.1. The summed E-state index contributed by atoms with van der Waals surface area (Å²) in [6, 6.07) is 10.4. The van der Waals surface area contributed by atoms with Gasteiger partial charge in [-0.15, -0.1) is 11.3 Å². The second-order valence-electron chi connectivity index (χ2n) is 4.27. The third kappa shape index (κ3) is 1.50. The SMILES string of the molecule is Cc1sc2nc(-c3ccccc3)c(C)n2c1C. The van der Waals surface area contributed by atoms with Gasteiger partial charge in [0.05, 0.1) is 5.69 Å². The first kappa shape index (κ1) is 10.5. The number of nitrogens with zero attached hydrogens (tertiary/aromatic N) is 2. The highest BCUT2D eigenvalue weighted by Crippen LogP contribution is 2.29. The second kappa shape index (κ2) is 3.70. The molecule has 0 bridgehead atoms. The van der Waals surface area contributed by atoms with E-state index in [1.807, 2.05) is 6.07 Å². The van der Waals surface area contributed by atoms with Crippen molar-refractivity contribution in [3.63, 3.8) is 0 Å².